The first-order valence-corrected chi connectivity index (χ1v) is 23.0. The van der Waals surface area contributed by atoms with E-state index in [1.807, 2.05) is 0 Å². The molecule has 5 amide bonds. The normalized spacial score (nSPS) is 19.0. The van der Waals surface area contributed by atoms with Crippen molar-refractivity contribution in [3.63, 3.8) is 0 Å². The van der Waals surface area contributed by atoms with Gasteiger partial charge in [0.1, 0.15) is 31.0 Å². The molecule has 2 aromatic carbocycles. The highest BCUT2D eigenvalue weighted by Gasteiger charge is 2.58. The Labute approximate surface area is 354 Å². The Balaban J connectivity index is 1.33. The molecule has 1 aliphatic carbocycles. The lowest BCUT2D eigenvalue weighted by Crippen LogP contribution is -2.53. The molecule has 0 unspecified atom stereocenters. The predicted octanol–water partition coefficient (Wildman–Crippen LogP) is 7.10. The van der Waals surface area contributed by atoms with Crippen LogP contribution in [0.5, 0.6) is 11.5 Å². The van der Waals surface area contributed by atoms with E-state index in [1.165, 1.54) is 25.0 Å². The third kappa shape index (κ3) is 9.59. The number of hydrogen-bond donors (Lipinski definition) is 4. The minimum absolute atomic E-state index is 0.0134. The van der Waals surface area contributed by atoms with Gasteiger partial charge in [0.25, 0.3) is 14.2 Å². The molecule has 16 heteroatoms. The van der Waals surface area contributed by atoms with Crippen LogP contribution >= 0.6 is 0 Å². The van der Waals surface area contributed by atoms with Crippen molar-refractivity contribution in [3.05, 3.63) is 60.2 Å². The van der Waals surface area contributed by atoms with Crippen molar-refractivity contribution in [1.82, 2.24) is 15.5 Å². The second-order valence-electron chi connectivity index (χ2n) is 17.7. The van der Waals surface area contributed by atoms with Gasteiger partial charge in [0.2, 0.25) is 11.8 Å². The average molecular weight is 850 g/mol. The summed E-state index contributed by atoms with van der Waals surface area (Å²) < 4.78 is 23.7. The van der Waals surface area contributed by atoms with Crippen molar-refractivity contribution >= 4 is 49.6 Å². The number of ether oxygens (including phenoxy) is 3. The fourth-order valence-corrected chi connectivity index (χ4v) is 14.1. The minimum Gasteiger partial charge on any atom is -0.540 e. The van der Waals surface area contributed by atoms with Gasteiger partial charge in [-0.05, 0) is 77.9 Å². The first-order valence-electron chi connectivity index (χ1n) is 20.9. The Kier molecular flexibility index (Phi) is 14.3. The lowest BCUT2D eigenvalue weighted by atomic mass is 10.0. The highest BCUT2D eigenvalue weighted by Crippen LogP contribution is 2.57. The van der Waals surface area contributed by atoms with Crippen molar-refractivity contribution in [3.8, 4) is 11.5 Å². The fourth-order valence-electron chi connectivity index (χ4n) is 8.86. The smallest absolute Gasteiger partial charge is 0.416 e. The van der Waals surface area contributed by atoms with Crippen LogP contribution in [-0.2, 0) is 25.7 Å². The number of aliphatic hydroxyl groups is 1. The van der Waals surface area contributed by atoms with Gasteiger partial charge in [-0.15, -0.1) is 0 Å². The van der Waals surface area contributed by atoms with Gasteiger partial charge >= 0.3 is 12.2 Å². The molecule has 0 aromatic heterocycles. The number of alkyl carbamates (subject to hydrolysis) is 1. The molecular weight excluding hydrogens is 787 g/mol. The van der Waals surface area contributed by atoms with E-state index in [1.54, 1.807) is 55.1 Å². The fraction of sp³-hybridized carbons (Fsp3) is 0.568. The van der Waals surface area contributed by atoms with E-state index in [0.29, 0.717) is 35.7 Å². The number of amides is 5. The van der Waals surface area contributed by atoms with Gasteiger partial charge in [0.15, 0.2) is 12.0 Å². The molecule has 60 heavy (non-hydrogen) atoms. The average Bonchev–Trinajstić information content (AvgIpc) is 3.86. The van der Waals surface area contributed by atoms with E-state index >= 15 is 0 Å². The maximum atomic E-state index is 14.3. The second kappa shape index (κ2) is 18.7. The Morgan fingerprint density at radius 3 is 2.10 bits per heavy atom. The zero-order chi connectivity index (χ0) is 44.3. The summed E-state index contributed by atoms with van der Waals surface area (Å²) in [5, 5.41) is 20.0. The van der Waals surface area contributed by atoms with Gasteiger partial charge in [-0.2, -0.15) is 0 Å². The first kappa shape index (κ1) is 46.0. The summed E-state index contributed by atoms with van der Waals surface area (Å²) in [6.45, 7) is 21.8. The van der Waals surface area contributed by atoms with Crippen molar-refractivity contribution < 1.29 is 47.7 Å². The molecule has 1 saturated carbocycles. The van der Waals surface area contributed by atoms with Crippen LogP contribution in [0.3, 0.4) is 0 Å². The zero-order valence-electron chi connectivity index (χ0n) is 36.6. The predicted molar refractivity (Wildman–Crippen MR) is 230 cm³/mol. The van der Waals surface area contributed by atoms with Crippen LogP contribution in [0.1, 0.15) is 97.5 Å². The van der Waals surface area contributed by atoms with Crippen LogP contribution in [0.25, 0.3) is 0 Å². The number of anilines is 2. The van der Waals surface area contributed by atoms with Gasteiger partial charge < -0.3 is 44.6 Å². The lowest BCUT2D eigenvalue weighted by molar-refractivity contribution is -0.128. The number of aliphatic hydroxyl groups excluding tert-OH is 1. The molecule has 2 heterocycles. The number of hydrogen-bond acceptors (Lipinski definition) is 10. The minimum atomic E-state index is -2.53. The molecule has 328 valence electrons. The van der Waals surface area contributed by atoms with Gasteiger partial charge in [-0.3, -0.25) is 14.4 Å². The number of nitrogens with zero attached hydrogens (tertiary/aromatic N) is 2. The lowest BCUT2D eigenvalue weighted by Gasteiger charge is -2.42. The van der Waals surface area contributed by atoms with Crippen molar-refractivity contribution in [2.24, 2.45) is 11.3 Å². The summed E-state index contributed by atoms with van der Waals surface area (Å²) in [6.07, 6.45) is 0.886. The molecule has 2 aromatic rings. The highest BCUT2D eigenvalue weighted by molar-refractivity contribution is 6.78. The van der Waals surface area contributed by atoms with Gasteiger partial charge in [0.05, 0.1) is 24.4 Å². The van der Waals surface area contributed by atoms with Crippen molar-refractivity contribution in [2.75, 3.05) is 30.5 Å². The van der Waals surface area contributed by atoms with Gasteiger partial charge in [-0.1, -0.05) is 80.2 Å². The number of nitrogens with one attached hydrogen (secondary N) is 3. The Hall–Kier alpha value is -5.09. The summed E-state index contributed by atoms with van der Waals surface area (Å²) in [4.78, 5) is 69.5. The molecule has 0 bridgehead atoms. The molecule has 1 saturated heterocycles. The standard InChI is InChI=1S/C44H63N5O10Si/c1-12-19-57-42(54)47-37(25(2)3)39(51)45-29(10)38(50)46-31-15-13-30(14-16-31)23-58-43(55)49-33-21-36(59-60(26(4)5,27(6)7)28(8)9)35(56-11)20-32(33)40(52)48-24-44(17-18-44)22-34(48)41(49)53/h12-16,20-21,25-29,34,37,41,53H,1,17-19,22-24H2,2-11H3,(H,45,51)(H,46,50)(H,47,54)/t29-,34-,37+,41-/m0/s1. The zero-order valence-corrected chi connectivity index (χ0v) is 37.6. The quantitative estimate of drug-likeness (QED) is 0.100. The Morgan fingerprint density at radius 1 is 0.917 bits per heavy atom. The highest BCUT2D eigenvalue weighted by atomic mass is 28.4. The molecule has 2 aliphatic heterocycles. The maximum Gasteiger partial charge on any atom is 0.416 e. The largest absolute Gasteiger partial charge is 0.540 e. The molecule has 4 N–H and O–H groups in total. The number of carbonyl (C=O) groups excluding carboxylic acids is 5. The summed E-state index contributed by atoms with van der Waals surface area (Å²) in [5.74, 6) is -0.828. The first-order chi connectivity index (χ1) is 28.3. The summed E-state index contributed by atoms with van der Waals surface area (Å²) in [7, 11) is -1.01. The number of methoxy groups -OCH3 is 1. The topological polar surface area (TPSA) is 185 Å². The molecule has 2 fully saturated rings. The van der Waals surface area contributed by atoms with E-state index in [2.05, 4.69) is 64.1 Å². The third-order valence-corrected chi connectivity index (χ3v) is 18.2. The van der Waals surface area contributed by atoms with Crippen LogP contribution in [-0.4, -0.2) is 92.8 Å². The molecule has 4 atom stereocenters. The van der Waals surface area contributed by atoms with E-state index in [0.717, 1.165) is 12.8 Å². The molecular formula is C44H63N5O10Si. The van der Waals surface area contributed by atoms with E-state index in [4.69, 9.17) is 18.6 Å². The van der Waals surface area contributed by atoms with Crippen LogP contribution in [0, 0.1) is 11.3 Å². The van der Waals surface area contributed by atoms with Crippen molar-refractivity contribution in [2.45, 2.75) is 129 Å². The van der Waals surface area contributed by atoms with Gasteiger partial charge in [0, 0.05) is 18.3 Å². The Morgan fingerprint density at radius 2 is 1.55 bits per heavy atom. The molecule has 5 rings (SSSR count). The second-order valence-corrected chi connectivity index (χ2v) is 23.0. The van der Waals surface area contributed by atoms with Gasteiger partial charge in [-0.25, -0.2) is 14.5 Å². The summed E-state index contributed by atoms with van der Waals surface area (Å²) >= 11 is 0. The van der Waals surface area contributed by atoms with Crippen LogP contribution in [0.15, 0.2) is 49.1 Å². The molecule has 0 radical (unpaired) electrons. The molecule has 3 aliphatic rings. The summed E-state index contributed by atoms with van der Waals surface area (Å²) in [5.41, 5.74) is 2.05. The van der Waals surface area contributed by atoms with Crippen LogP contribution in [0.4, 0.5) is 21.0 Å². The molecule has 1 spiro atoms. The van der Waals surface area contributed by atoms with Crippen molar-refractivity contribution in [1.29, 1.82) is 0 Å². The number of fused-ring (bicyclic) bond motifs is 2. The van der Waals surface area contributed by atoms with E-state index in [9.17, 15) is 29.1 Å². The summed E-state index contributed by atoms with van der Waals surface area (Å²) in [6, 6.07) is 7.38. The van der Waals surface area contributed by atoms with E-state index in [-0.39, 0.29) is 58.3 Å². The number of benzene rings is 2. The van der Waals surface area contributed by atoms with E-state index < -0.39 is 56.7 Å². The SMILES string of the molecule is C=CCOC(=O)N[C@@H](C(=O)N[C@@H](C)C(=O)Nc1ccc(COC(=O)N2c3cc(O[Si](C(C)C)(C(C)C)C(C)C)c(OC)cc3C(=O)N3CC4(CC4)C[C@H]3[C@@H]2O)cc1)C(C)C. The molecule has 15 nitrogen and oxygen atoms in total. The number of carbonyl (C=O) groups is 5. The van der Waals surface area contributed by atoms with Crippen LogP contribution < -0.4 is 30.0 Å². The third-order valence-electron chi connectivity index (χ3n) is 12.2. The Bertz CT molecular complexity index is 1910. The van der Waals surface area contributed by atoms with Crippen LogP contribution in [0.2, 0.25) is 16.6 Å². The number of rotatable bonds is 16. The maximum absolute atomic E-state index is 14.3. The monoisotopic (exact) mass is 849 g/mol.